The van der Waals surface area contributed by atoms with Gasteiger partial charge in [-0.3, -0.25) is 0 Å². The summed E-state index contributed by atoms with van der Waals surface area (Å²) in [6.07, 6.45) is -0.313. The second-order valence-corrected chi connectivity index (χ2v) is 5.55. The zero-order chi connectivity index (χ0) is 14.0. The highest BCUT2D eigenvalue weighted by atomic mass is 35.5. The molecular weight excluding hydrogens is 277 g/mol. The van der Waals surface area contributed by atoms with E-state index in [0.29, 0.717) is 5.92 Å². The van der Waals surface area contributed by atoms with Gasteiger partial charge < -0.3 is 5.32 Å². The fourth-order valence-electron chi connectivity index (χ4n) is 2.35. The number of halogens is 4. The number of rotatable bonds is 2. The van der Waals surface area contributed by atoms with Crippen LogP contribution in [0.5, 0.6) is 0 Å². The van der Waals surface area contributed by atoms with Gasteiger partial charge in [-0.25, -0.2) is 4.98 Å². The molecule has 0 aromatic carbocycles. The molecular formula is C13H16ClF3N2. The van der Waals surface area contributed by atoms with Crippen molar-refractivity contribution in [3.05, 3.63) is 22.8 Å². The van der Waals surface area contributed by atoms with Crippen LogP contribution in [0.3, 0.4) is 0 Å². The first-order chi connectivity index (χ1) is 8.84. The van der Waals surface area contributed by atoms with Crippen LogP contribution in [0.2, 0.25) is 5.15 Å². The number of nitrogens with one attached hydrogen (secondary N) is 1. The molecule has 106 valence electrons. The van der Waals surface area contributed by atoms with Crippen molar-refractivity contribution in [2.45, 2.75) is 44.8 Å². The second-order valence-electron chi connectivity index (χ2n) is 5.16. The van der Waals surface area contributed by atoms with Crippen LogP contribution in [0.4, 0.5) is 19.0 Å². The lowest BCUT2D eigenvalue weighted by molar-refractivity contribution is -0.137. The Bertz CT molecular complexity index is 440. The Morgan fingerprint density at radius 2 is 1.84 bits per heavy atom. The van der Waals surface area contributed by atoms with E-state index in [1.807, 2.05) is 0 Å². The summed E-state index contributed by atoms with van der Waals surface area (Å²) in [5, 5.41) is 2.92. The molecule has 1 aliphatic carbocycles. The Labute approximate surface area is 115 Å². The monoisotopic (exact) mass is 292 g/mol. The van der Waals surface area contributed by atoms with Gasteiger partial charge in [0.15, 0.2) is 0 Å². The van der Waals surface area contributed by atoms with Gasteiger partial charge in [-0.1, -0.05) is 18.5 Å². The molecule has 1 heterocycles. The van der Waals surface area contributed by atoms with Crippen molar-refractivity contribution < 1.29 is 13.2 Å². The average molecular weight is 293 g/mol. The zero-order valence-electron chi connectivity index (χ0n) is 10.6. The molecule has 1 fully saturated rings. The molecule has 0 aliphatic heterocycles. The van der Waals surface area contributed by atoms with Crippen molar-refractivity contribution >= 4 is 17.4 Å². The van der Waals surface area contributed by atoms with Gasteiger partial charge in [0, 0.05) is 6.04 Å². The highest BCUT2D eigenvalue weighted by molar-refractivity contribution is 6.29. The van der Waals surface area contributed by atoms with Crippen LogP contribution in [-0.2, 0) is 6.18 Å². The van der Waals surface area contributed by atoms with Gasteiger partial charge in [0.1, 0.15) is 11.0 Å². The predicted molar refractivity (Wildman–Crippen MR) is 69.3 cm³/mol. The van der Waals surface area contributed by atoms with Crippen LogP contribution in [0.1, 0.15) is 38.2 Å². The van der Waals surface area contributed by atoms with Crippen molar-refractivity contribution in [1.82, 2.24) is 4.98 Å². The lowest BCUT2D eigenvalue weighted by Gasteiger charge is -2.27. The summed E-state index contributed by atoms with van der Waals surface area (Å²) < 4.78 is 38.0. The Morgan fingerprint density at radius 3 is 2.42 bits per heavy atom. The molecule has 0 spiro atoms. The molecule has 2 nitrogen and oxygen atoms in total. The molecule has 0 saturated heterocycles. The van der Waals surface area contributed by atoms with E-state index in [9.17, 15) is 13.2 Å². The highest BCUT2D eigenvalue weighted by Gasteiger charge is 2.31. The second kappa shape index (κ2) is 5.57. The molecule has 1 aromatic heterocycles. The Kier molecular flexibility index (Phi) is 4.23. The van der Waals surface area contributed by atoms with Crippen molar-refractivity contribution in [1.29, 1.82) is 0 Å². The van der Waals surface area contributed by atoms with Gasteiger partial charge in [-0.2, -0.15) is 13.2 Å². The number of hydrogen-bond acceptors (Lipinski definition) is 2. The van der Waals surface area contributed by atoms with Crippen molar-refractivity contribution in [2.75, 3.05) is 5.32 Å². The molecule has 0 bridgehead atoms. The molecule has 6 heteroatoms. The van der Waals surface area contributed by atoms with Crippen LogP contribution in [0.25, 0.3) is 0 Å². The number of pyridine rings is 1. The van der Waals surface area contributed by atoms with E-state index in [0.717, 1.165) is 37.8 Å². The molecule has 0 atom stereocenters. The van der Waals surface area contributed by atoms with E-state index in [-0.39, 0.29) is 17.0 Å². The smallest absolute Gasteiger partial charge is 0.367 e. The maximum atomic E-state index is 12.7. The van der Waals surface area contributed by atoms with E-state index in [4.69, 9.17) is 11.6 Å². The standard InChI is InChI=1S/C13H16ClF3N2/c1-8-2-4-10(5-3-8)18-12-7-9(13(15,16)17)6-11(14)19-12/h6-8,10H,2-5H2,1H3,(H,18,19). The third-order valence-electron chi connectivity index (χ3n) is 3.49. The summed E-state index contributed by atoms with van der Waals surface area (Å²) in [6, 6.07) is 2.04. The summed E-state index contributed by atoms with van der Waals surface area (Å²) in [5.74, 6) is 0.899. The van der Waals surface area contributed by atoms with Crippen molar-refractivity contribution in [3.8, 4) is 0 Å². The lowest BCUT2D eigenvalue weighted by atomic mass is 9.87. The van der Waals surface area contributed by atoms with Gasteiger partial charge in [-0.05, 0) is 43.7 Å². The fourth-order valence-corrected chi connectivity index (χ4v) is 2.56. The zero-order valence-corrected chi connectivity index (χ0v) is 11.4. The van der Waals surface area contributed by atoms with Crippen molar-refractivity contribution in [3.63, 3.8) is 0 Å². The molecule has 2 rings (SSSR count). The third-order valence-corrected chi connectivity index (χ3v) is 3.68. The average Bonchev–Trinajstić information content (AvgIpc) is 2.30. The number of nitrogens with zero attached hydrogens (tertiary/aromatic N) is 1. The number of aromatic nitrogens is 1. The molecule has 1 aromatic rings. The van der Waals surface area contributed by atoms with Crippen LogP contribution >= 0.6 is 11.6 Å². The van der Waals surface area contributed by atoms with Crippen LogP contribution < -0.4 is 5.32 Å². The van der Waals surface area contributed by atoms with Gasteiger partial charge in [0.2, 0.25) is 0 Å². The number of hydrogen-bond donors (Lipinski definition) is 1. The van der Waals surface area contributed by atoms with Crippen LogP contribution in [-0.4, -0.2) is 11.0 Å². The van der Waals surface area contributed by atoms with E-state index < -0.39 is 11.7 Å². The summed E-state index contributed by atoms with van der Waals surface area (Å²) >= 11 is 5.65. The minimum absolute atomic E-state index is 0.137. The van der Waals surface area contributed by atoms with Gasteiger partial charge in [0.05, 0.1) is 5.56 Å². The normalized spacial score (nSPS) is 24.3. The van der Waals surface area contributed by atoms with Crippen LogP contribution in [0, 0.1) is 5.92 Å². The van der Waals surface area contributed by atoms with E-state index in [1.165, 1.54) is 0 Å². The summed E-state index contributed by atoms with van der Waals surface area (Å²) in [6.45, 7) is 2.19. The molecule has 1 saturated carbocycles. The summed E-state index contributed by atoms with van der Waals surface area (Å²) in [7, 11) is 0. The first-order valence-electron chi connectivity index (χ1n) is 6.36. The first kappa shape index (κ1) is 14.4. The Morgan fingerprint density at radius 1 is 1.21 bits per heavy atom. The molecule has 1 N–H and O–H groups in total. The maximum absolute atomic E-state index is 12.7. The lowest BCUT2D eigenvalue weighted by Crippen LogP contribution is -2.25. The molecule has 0 radical (unpaired) electrons. The predicted octanol–water partition coefficient (Wildman–Crippen LogP) is 4.74. The molecule has 0 amide bonds. The SMILES string of the molecule is CC1CCC(Nc2cc(C(F)(F)F)cc(Cl)n2)CC1. The highest BCUT2D eigenvalue weighted by Crippen LogP contribution is 2.33. The minimum atomic E-state index is -4.40. The van der Waals surface area contributed by atoms with Gasteiger partial charge in [-0.15, -0.1) is 0 Å². The Hall–Kier alpha value is -0.970. The maximum Gasteiger partial charge on any atom is 0.416 e. The van der Waals surface area contributed by atoms with Gasteiger partial charge in [0.25, 0.3) is 0 Å². The summed E-state index contributed by atoms with van der Waals surface area (Å²) in [5.41, 5.74) is -0.765. The molecule has 19 heavy (non-hydrogen) atoms. The van der Waals surface area contributed by atoms with E-state index >= 15 is 0 Å². The third kappa shape index (κ3) is 4.00. The number of anilines is 1. The molecule has 0 unspecified atom stereocenters. The Balaban J connectivity index is 2.10. The minimum Gasteiger partial charge on any atom is -0.367 e. The number of alkyl halides is 3. The van der Waals surface area contributed by atoms with Crippen molar-refractivity contribution in [2.24, 2.45) is 5.92 Å². The quantitative estimate of drug-likeness (QED) is 0.796. The van der Waals surface area contributed by atoms with Gasteiger partial charge >= 0.3 is 6.18 Å². The molecule has 1 aliphatic rings. The van der Waals surface area contributed by atoms with E-state index in [1.54, 1.807) is 0 Å². The summed E-state index contributed by atoms with van der Waals surface area (Å²) in [4.78, 5) is 3.91. The van der Waals surface area contributed by atoms with Crippen LogP contribution in [0.15, 0.2) is 12.1 Å². The van der Waals surface area contributed by atoms with E-state index in [2.05, 4.69) is 17.2 Å². The first-order valence-corrected chi connectivity index (χ1v) is 6.73. The fraction of sp³-hybridized carbons (Fsp3) is 0.615. The topological polar surface area (TPSA) is 24.9 Å². The largest absolute Gasteiger partial charge is 0.416 e.